The Morgan fingerprint density at radius 3 is 2.60 bits per heavy atom. The predicted octanol–water partition coefficient (Wildman–Crippen LogP) is 2.74. The van der Waals surface area contributed by atoms with Crippen molar-refractivity contribution in [2.24, 2.45) is 7.05 Å². The molecule has 0 aliphatic rings. The van der Waals surface area contributed by atoms with Gasteiger partial charge in [-0.05, 0) is 30.7 Å². The van der Waals surface area contributed by atoms with Gasteiger partial charge in [-0.3, -0.25) is 4.68 Å². The van der Waals surface area contributed by atoms with Gasteiger partial charge >= 0.3 is 0 Å². The van der Waals surface area contributed by atoms with E-state index in [2.05, 4.69) is 40.1 Å². The summed E-state index contributed by atoms with van der Waals surface area (Å²) in [5.74, 6) is 0. The second-order valence-electron chi connectivity index (χ2n) is 3.59. The van der Waals surface area contributed by atoms with E-state index >= 15 is 0 Å². The fraction of sp³-hybridized carbons (Fsp3) is 0.182. The molecule has 2 aromatic rings. The lowest BCUT2D eigenvalue weighted by Gasteiger charge is -2.06. The van der Waals surface area contributed by atoms with Crippen molar-refractivity contribution in [3.8, 4) is 11.3 Å². The average molecular weight is 266 g/mol. The van der Waals surface area contributed by atoms with Crippen LogP contribution in [0.4, 0.5) is 5.69 Å². The first-order valence-corrected chi connectivity index (χ1v) is 5.42. The summed E-state index contributed by atoms with van der Waals surface area (Å²) in [6, 6.07) is 6.20. The Hall–Kier alpha value is -1.29. The van der Waals surface area contributed by atoms with Gasteiger partial charge in [-0.1, -0.05) is 15.9 Å². The quantitative estimate of drug-likeness (QED) is 0.862. The smallest absolute Gasteiger partial charge is 0.0909 e. The van der Waals surface area contributed by atoms with Gasteiger partial charge in [0.1, 0.15) is 0 Å². The molecule has 0 amide bonds. The molecule has 2 N–H and O–H groups in total. The van der Waals surface area contributed by atoms with Crippen molar-refractivity contribution in [2.75, 3.05) is 5.73 Å². The Labute approximate surface area is 97.0 Å². The zero-order chi connectivity index (χ0) is 11.0. The van der Waals surface area contributed by atoms with Gasteiger partial charge in [-0.15, -0.1) is 0 Å². The van der Waals surface area contributed by atoms with Gasteiger partial charge < -0.3 is 5.73 Å². The molecule has 0 saturated heterocycles. The van der Waals surface area contributed by atoms with Gasteiger partial charge in [0.05, 0.1) is 17.6 Å². The Kier molecular flexibility index (Phi) is 2.52. The van der Waals surface area contributed by atoms with Crippen LogP contribution in [0, 0.1) is 6.92 Å². The van der Waals surface area contributed by atoms with Crippen LogP contribution in [0.3, 0.4) is 0 Å². The molecule has 15 heavy (non-hydrogen) atoms. The van der Waals surface area contributed by atoms with E-state index in [1.807, 2.05) is 13.1 Å². The van der Waals surface area contributed by atoms with Crippen LogP contribution in [-0.4, -0.2) is 9.78 Å². The number of aromatic nitrogens is 2. The minimum absolute atomic E-state index is 0.704. The second kappa shape index (κ2) is 3.70. The number of hydrogen-bond donors (Lipinski definition) is 1. The lowest BCUT2D eigenvalue weighted by Crippen LogP contribution is -1.96. The highest BCUT2D eigenvalue weighted by molar-refractivity contribution is 9.10. The highest BCUT2D eigenvalue weighted by atomic mass is 79.9. The van der Waals surface area contributed by atoms with Gasteiger partial charge in [0, 0.05) is 17.1 Å². The number of rotatable bonds is 1. The van der Waals surface area contributed by atoms with E-state index in [1.54, 1.807) is 10.9 Å². The Morgan fingerprint density at radius 1 is 1.33 bits per heavy atom. The first kappa shape index (κ1) is 10.2. The first-order chi connectivity index (χ1) is 7.08. The van der Waals surface area contributed by atoms with Crippen molar-refractivity contribution in [1.29, 1.82) is 0 Å². The summed E-state index contributed by atoms with van der Waals surface area (Å²) in [5.41, 5.74) is 9.81. The molecule has 0 atom stereocenters. The third-order valence-corrected chi connectivity index (χ3v) is 2.74. The van der Waals surface area contributed by atoms with E-state index < -0.39 is 0 Å². The summed E-state index contributed by atoms with van der Waals surface area (Å²) in [6.07, 6.45) is 1.67. The van der Waals surface area contributed by atoms with Gasteiger partial charge in [-0.25, -0.2) is 0 Å². The second-order valence-corrected chi connectivity index (χ2v) is 4.51. The van der Waals surface area contributed by atoms with E-state index in [1.165, 1.54) is 5.56 Å². The van der Waals surface area contributed by atoms with Crippen LogP contribution < -0.4 is 5.73 Å². The molecule has 4 heteroatoms. The summed E-state index contributed by atoms with van der Waals surface area (Å²) in [6.45, 7) is 2.06. The lowest BCUT2D eigenvalue weighted by atomic mass is 10.1. The minimum Gasteiger partial charge on any atom is -0.396 e. The van der Waals surface area contributed by atoms with E-state index in [-0.39, 0.29) is 0 Å². The van der Waals surface area contributed by atoms with Crippen LogP contribution in [0.1, 0.15) is 5.56 Å². The summed E-state index contributed by atoms with van der Waals surface area (Å²) < 4.78 is 2.84. The van der Waals surface area contributed by atoms with Crippen molar-refractivity contribution in [2.45, 2.75) is 6.92 Å². The fourth-order valence-corrected chi connectivity index (χ4v) is 2.29. The number of nitrogen functional groups attached to an aromatic ring is 1. The molecule has 0 aliphatic heterocycles. The number of nitrogens with zero attached hydrogens (tertiary/aromatic N) is 2. The summed E-state index contributed by atoms with van der Waals surface area (Å²) in [4.78, 5) is 0. The van der Waals surface area contributed by atoms with Gasteiger partial charge in [0.25, 0.3) is 0 Å². The van der Waals surface area contributed by atoms with Crippen LogP contribution in [0.25, 0.3) is 11.3 Å². The standard InChI is InChI=1S/C11H12BrN3/c1-7-3-8(5-9(12)4-7)11-10(13)6-14-15(11)2/h3-6H,13H2,1-2H3. The van der Waals surface area contributed by atoms with Crippen molar-refractivity contribution in [3.05, 3.63) is 34.4 Å². The van der Waals surface area contributed by atoms with Crippen LogP contribution in [0.5, 0.6) is 0 Å². The summed E-state index contributed by atoms with van der Waals surface area (Å²) in [7, 11) is 1.89. The average Bonchev–Trinajstić information content (AvgIpc) is 2.44. The SMILES string of the molecule is Cc1cc(Br)cc(-c2c(N)cnn2C)c1. The zero-order valence-electron chi connectivity index (χ0n) is 8.66. The fourth-order valence-electron chi connectivity index (χ4n) is 1.68. The molecule has 1 heterocycles. The van der Waals surface area contributed by atoms with Crippen molar-refractivity contribution >= 4 is 21.6 Å². The maximum absolute atomic E-state index is 5.87. The minimum atomic E-state index is 0.704. The zero-order valence-corrected chi connectivity index (χ0v) is 10.2. The van der Waals surface area contributed by atoms with E-state index in [4.69, 9.17) is 5.73 Å². The van der Waals surface area contributed by atoms with Gasteiger partial charge in [0.2, 0.25) is 0 Å². The largest absolute Gasteiger partial charge is 0.396 e. The third-order valence-electron chi connectivity index (χ3n) is 2.28. The van der Waals surface area contributed by atoms with Crippen LogP contribution >= 0.6 is 15.9 Å². The maximum atomic E-state index is 5.87. The number of anilines is 1. The molecule has 0 saturated carbocycles. The highest BCUT2D eigenvalue weighted by Crippen LogP contribution is 2.28. The molecular formula is C11H12BrN3. The van der Waals surface area contributed by atoms with Crippen molar-refractivity contribution < 1.29 is 0 Å². The Bertz CT molecular complexity index is 463. The third kappa shape index (κ3) is 1.90. The molecule has 0 bridgehead atoms. The summed E-state index contributed by atoms with van der Waals surface area (Å²) >= 11 is 3.48. The number of aryl methyl sites for hydroxylation is 2. The topological polar surface area (TPSA) is 43.8 Å². The molecule has 0 fully saturated rings. The molecule has 3 nitrogen and oxygen atoms in total. The summed E-state index contributed by atoms with van der Waals surface area (Å²) in [5, 5.41) is 4.13. The van der Waals surface area contributed by atoms with Gasteiger partial charge in [0.15, 0.2) is 0 Å². The predicted molar refractivity (Wildman–Crippen MR) is 65.5 cm³/mol. The van der Waals surface area contributed by atoms with Crippen LogP contribution in [0.15, 0.2) is 28.9 Å². The highest BCUT2D eigenvalue weighted by Gasteiger charge is 2.08. The molecule has 0 radical (unpaired) electrons. The van der Waals surface area contributed by atoms with Crippen molar-refractivity contribution in [1.82, 2.24) is 9.78 Å². The number of benzene rings is 1. The van der Waals surface area contributed by atoms with Crippen molar-refractivity contribution in [3.63, 3.8) is 0 Å². The molecular weight excluding hydrogens is 254 g/mol. The molecule has 0 aliphatic carbocycles. The molecule has 1 aromatic heterocycles. The number of hydrogen-bond acceptors (Lipinski definition) is 2. The lowest BCUT2D eigenvalue weighted by molar-refractivity contribution is 0.776. The Morgan fingerprint density at radius 2 is 2.07 bits per heavy atom. The molecule has 2 rings (SSSR count). The first-order valence-electron chi connectivity index (χ1n) is 4.63. The van der Waals surface area contributed by atoms with Crippen LogP contribution in [-0.2, 0) is 7.05 Å². The van der Waals surface area contributed by atoms with E-state index in [9.17, 15) is 0 Å². The molecule has 1 aromatic carbocycles. The van der Waals surface area contributed by atoms with Gasteiger partial charge in [-0.2, -0.15) is 5.10 Å². The monoisotopic (exact) mass is 265 g/mol. The molecule has 78 valence electrons. The van der Waals surface area contributed by atoms with E-state index in [0.29, 0.717) is 5.69 Å². The van der Waals surface area contributed by atoms with Crippen LogP contribution in [0.2, 0.25) is 0 Å². The maximum Gasteiger partial charge on any atom is 0.0909 e. The Balaban J connectivity index is 2.63. The molecule has 0 spiro atoms. The number of halogens is 1. The molecule has 0 unspecified atom stereocenters. The normalized spacial score (nSPS) is 10.6. The number of nitrogens with two attached hydrogens (primary N) is 1. The van der Waals surface area contributed by atoms with E-state index in [0.717, 1.165) is 15.7 Å².